The molecule has 0 fully saturated rings. The van der Waals surface area contributed by atoms with E-state index in [1.807, 2.05) is 0 Å². The van der Waals surface area contributed by atoms with Crippen LogP contribution in [0.15, 0.2) is 0 Å². The van der Waals surface area contributed by atoms with Crippen molar-refractivity contribution in [2.45, 2.75) is 110 Å². The van der Waals surface area contributed by atoms with Crippen molar-refractivity contribution in [2.75, 3.05) is 4.43 Å². The summed E-state index contributed by atoms with van der Waals surface area (Å²) in [6.45, 7) is 2.30. The standard InChI is InChI=1S/C18H37I.Mg.2H/c1-2-3-4-5-6-7-8-9-10-11-12-13-14-15-16-17-18-19;;;/h2-18H2,1H3;;;/q;+2;2*-1. The van der Waals surface area contributed by atoms with Crippen LogP contribution in [0.4, 0.5) is 0 Å². The summed E-state index contributed by atoms with van der Waals surface area (Å²) in [4.78, 5) is 0. The van der Waals surface area contributed by atoms with Gasteiger partial charge in [0.25, 0.3) is 0 Å². The molecular weight excluding hydrogens is 367 g/mol. The molecule has 0 saturated carbocycles. The van der Waals surface area contributed by atoms with Crippen LogP contribution in [-0.4, -0.2) is 27.5 Å². The van der Waals surface area contributed by atoms with Crippen LogP contribution in [0.1, 0.15) is 113 Å². The van der Waals surface area contributed by atoms with Crippen LogP contribution in [0.2, 0.25) is 0 Å². The van der Waals surface area contributed by atoms with Gasteiger partial charge in [-0.3, -0.25) is 0 Å². The van der Waals surface area contributed by atoms with E-state index in [2.05, 4.69) is 29.5 Å². The second-order valence-corrected chi connectivity index (χ2v) is 7.07. The van der Waals surface area contributed by atoms with Gasteiger partial charge in [-0.2, -0.15) is 0 Å². The first kappa shape index (κ1) is 23.8. The van der Waals surface area contributed by atoms with Crippen molar-refractivity contribution in [3.05, 3.63) is 0 Å². The smallest absolute Gasteiger partial charge is 1.00 e. The number of hydrogen-bond donors (Lipinski definition) is 0. The molecule has 0 rings (SSSR count). The van der Waals surface area contributed by atoms with Crippen molar-refractivity contribution in [3.63, 3.8) is 0 Å². The molecular formula is C18H39IMg. The summed E-state index contributed by atoms with van der Waals surface area (Å²) in [7, 11) is 0. The molecule has 0 aromatic rings. The van der Waals surface area contributed by atoms with Crippen LogP contribution in [0.3, 0.4) is 0 Å². The van der Waals surface area contributed by atoms with Gasteiger partial charge in [0, 0.05) is 0 Å². The van der Waals surface area contributed by atoms with Gasteiger partial charge in [-0.05, 0) is 10.8 Å². The van der Waals surface area contributed by atoms with Gasteiger partial charge in [-0.1, -0.05) is 126 Å². The van der Waals surface area contributed by atoms with Crippen LogP contribution >= 0.6 is 22.6 Å². The van der Waals surface area contributed by atoms with Crippen molar-refractivity contribution in [2.24, 2.45) is 0 Å². The maximum Gasteiger partial charge on any atom is 2.00 e. The summed E-state index contributed by atoms with van der Waals surface area (Å²) >= 11 is 2.49. The summed E-state index contributed by atoms with van der Waals surface area (Å²) < 4.78 is 1.34. The van der Waals surface area contributed by atoms with Gasteiger partial charge < -0.3 is 2.85 Å². The van der Waals surface area contributed by atoms with E-state index in [0.717, 1.165) is 0 Å². The Bertz CT molecular complexity index is 144. The number of alkyl halides is 1. The molecule has 20 heavy (non-hydrogen) atoms. The van der Waals surface area contributed by atoms with E-state index in [0.29, 0.717) is 0 Å². The number of halogens is 1. The first-order valence-electron chi connectivity index (χ1n) is 8.97. The third kappa shape index (κ3) is 21.8. The molecule has 0 atom stereocenters. The molecule has 0 aromatic heterocycles. The molecule has 0 unspecified atom stereocenters. The molecule has 0 aliphatic rings. The Morgan fingerprint density at radius 3 is 1.00 bits per heavy atom. The average Bonchev–Trinajstić information content (AvgIpc) is 2.43. The third-order valence-corrected chi connectivity index (χ3v) is 4.75. The van der Waals surface area contributed by atoms with Gasteiger partial charge in [0.05, 0.1) is 0 Å². The van der Waals surface area contributed by atoms with E-state index in [4.69, 9.17) is 0 Å². The first-order chi connectivity index (χ1) is 9.41. The second kappa shape index (κ2) is 22.8. The molecule has 0 saturated heterocycles. The fourth-order valence-corrected chi connectivity index (χ4v) is 3.18. The van der Waals surface area contributed by atoms with Gasteiger partial charge >= 0.3 is 23.1 Å². The Morgan fingerprint density at radius 2 is 0.750 bits per heavy atom. The molecule has 0 amide bonds. The number of unbranched alkanes of at least 4 members (excludes halogenated alkanes) is 15. The van der Waals surface area contributed by atoms with Crippen LogP contribution in [0.5, 0.6) is 0 Å². The number of rotatable bonds is 16. The van der Waals surface area contributed by atoms with E-state index in [9.17, 15) is 0 Å². The molecule has 0 nitrogen and oxygen atoms in total. The van der Waals surface area contributed by atoms with E-state index in [-0.39, 0.29) is 25.9 Å². The minimum atomic E-state index is 0. The largest absolute Gasteiger partial charge is 2.00 e. The maximum absolute atomic E-state index is 2.49. The third-order valence-electron chi connectivity index (χ3n) is 3.99. The number of hydrogen-bond acceptors (Lipinski definition) is 0. The monoisotopic (exact) mass is 406 g/mol. The zero-order valence-corrected chi connectivity index (χ0v) is 17.7. The maximum atomic E-state index is 2.49. The van der Waals surface area contributed by atoms with E-state index in [1.54, 1.807) is 0 Å². The van der Waals surface area contributed by atoms with E-state index >= 15 is 0 Å². The molecule has 0 heterocycles. The normalized spacial score (nSPS) is 10.5. The molecule has 0 N–H and O–H groups in total. The molecule has 0 aliphatic heterocycles. The topological polar surface area (TPSA) is 0 Å². The summed E-state index contributed by atoms with van der Waals surface area (Å²) in [5.74, 6) is 0. The van der Waals surface area contributed by atoms with Gasteiger partial charge in [0.2, 0.25) is 0 Å². The van der Waals surface area contributed by atoms with Crippen molar-refractivity contribution in [3.8, 4) is 0 Å². The van der Waals surface area contributed by atoms with E-state index < -0.39 is 0 Å². The van der Waals surface area contributed by atoms with Gasteiger partial charge in [-0.15, -0.1) is 0 Å². The van der Waals surface area contributed by atoms with Crippen molar-refractivity contribution in [1.82, 2.24) is 0 Å². The molecule has 0 radical (unpaired) electrons. The quantitative estimate of drug-likeness (QED) is 0.108. The minimum absolute atomic E-state index is 0. The summed E-state index contributed by atoms with van der Waals surface area (Å²) in [6, 6.07) is 0. The summed E-state index contributed by atoms with van der Waals surface area (Å²) in [5, 5.41) is 0. The second-order valence-electron chi connectivity index (χ2n) is 5.99. The Kier molecular flexibility index (Phi) is 27.1. The minimum Gasteiger partial charge on any atom is -1.00 e. The predicted octanol–water partition coefficient (Wildman–Crippen LogP) is 7.53. The molecule has 120 valence electrons. The van der Waals surface area contributed by atoms with E-state index in [1.165, 1.54) is 107 Å². The first-order valence-corrected chi connectivity index (χ1v) is 10.5. The van der Waals surface area contributed by atoms with Crippen LogP contribution in [-0.2, 0) is 0 Å². The Balaban J connectivity index is -0.000000540. The van der Waals surface area contributed by atoms with Gasteiger partial charge in [-0.25, -0.2) is 0 Å². The molecule has 2 heteroatoms. The summed E-state index contributed by atoms with van der Waals surface area (Å²) in [5.41, 5.74) is 0. The predicted molar refractivity (Wildman–Crippen MR) is 106 cm³/mol. The fourth-order valence-electron chi connectivity index (χ4n) is 2.64. The van der Waals surface area contributed by atoms with Crippen LogP contribution in [0, 0.1) is 0 Å². The molecule has 0 spiro atoms. The average molecular weight is 407 g/mol. The molecule has 0 aromatic carbocycles. The Morgan fingerprint density at radius 1 is 0.500 bits per heavy atom. The van der Waals surface area contributed by atoms with Gasteiger partial charge in [0.1, 0.15) is 0 Å². The SMILES string of the molecule is CCCCCCCCCCCCCCCCCCI.[H-].[H-].[Mg+2]. The fraction of sp³-hybridized carbons (Fsp3) is 1.00. The van der Waals surface area contributed by atoms with Crippen molar-refractivity contribution < 1.29 is 2.85 Å². The summed E-state index contributed by atoms with van der Waals surface area (Å²) in [6.07, 6.45) is 23.5. The van der Waals surface area contributed by atoms with Crippen LogP contribution in [0.25, 0.3) is 0 Å². The van der Waals surface area contributed by atoms with Crippen molar-refractivity contribution >= 4 is 45.6 Å². The molecule has 0 bridgehead atoms. The Labute approximate surface area is 161 Å². The van der Waals surface area contributed by atoms with Crippen LogP contribution < -0.4 is 0 Å². The Hall–Kier alpha value is 1.50. The van der Waals surface area contributed by atoms with Gasteiger partial charge in [0.15, 0.2) is 0 Å². The zero-order valence-electron chi connectivity index (χ0n) is 16.1. The zero-order chi connectivity index (χ0) is 14.0. The molecule has 0 aliphatic carbocycles. The van der Waals surface area contributed by atoms with Crippen molar-refractivity contribution in [1.29, 1.82) is 0 Å².